The molecule has 0 amide bonds. The molecule has 0 fully saturated rings. The van der Waals surface area contributed by atoms with Gasteiger partial charge in [0.1, 0.15) is 11.5 Å². The topological polar surface area (TPSA) is 58.1 Å². The van der Waals surface area contributed by atoms with Crippen LogP contribution in [0.5, 0.6) is 5.75 Å². The zero-order valence-electron chi connectivity index (χ0n) is 9.05. The highest BCUT2D eigenvalue weighted by Gasteiger charge is 2.05. The first kappa shape index (κ1) is 12.7. The van der Waals surface area contributed by atoms with Gasteiger partial charge in [0.2, 0.25) is 0 Å². The number of benzene rings is 1. The number of aromatic hydroxyl groups is 1. The highest BCUT2D eigenvalue weighted by atomic mass is 35.5. The molecule has 2 rings (SSSR count). The Morgan fingerprint density at radius 3 is 2.67 bits per heavy atom. The van der Waals surface area contributed by atoms with Crippen LogP contribution < -0.4 is 0 Å². The Labute approximate surface area is 113 Å². The molecule has 1 N–H and O–H groups in total. The predicted octanol–water partition coefficient (Wildman–Crippen LogP) is 3.75. The largest absolute Gasteiger partial charge is 0.506 e. The van der Waals surface area contributed by atoms with Gasteiger partial charge in [0.15, 0.2) is 0 Å². The minimum absolute atomic E-state index is 0.0852. The Bertz CT molecular complexity index is 592. The Kier molecular flexibility index (Phi) is 4.02. The first-order valence-corrected chi connectivity index (χ1v) is 5.70. The zero-order valence-corrected chi connectivity index (χ0v) is 10.6. The maximum Gasteiger partial charge on any atom is 0.146 e. The van der Waals surface area contributed by atoms with Crippen molar-refractivity contribution in [1.29, 1.82) is 0 Å². The van der Waals surface area contributed by atoms with Crippen molar-refractivity contribution in [3.63, 3.8) is 0 Å². The highest BCUT2D eigenvalue weighted by molar-refractivity contribution is 6.36. The third kappa shape index (κ3) is 3.12. The average molecular weight is 283 g/mol. The molecular formula is C12H8Cl2N2O2. The van der Waals surface area contributed by atoms with E-state index in [4.69, 9.17) is 27.6 Å². The normalized spacial score (nSPS) is 11.7. The lowest BCUT2D eigenvalue weighted by atomic mass is 10.2. The van der Waals surface area contributed by atoms with Crippen molar-refractivity contribution in [2.45, 2.75) is 0 Å². The molecule has 6 heteroatoms. The van der Waals surface area contributed by atoms with Gasteiger partial charge in [0, 0.05) is 10.6 Å². The standard InChI is InChI=1S/C12H8Cl2N2O2/c13-9-4-8(12(17)11(14)5-9)6-15-16-7-10-2-1-3-18-10/h1-7,17H/b15-6-,16-7+. The first-order valence-electron chi connectivity index (χ1n) is 4.95. The van der Waals surface area contributed by atoms with Crippen molar-refractivity contribution in [2.75, 3.05) is 0 Å². The third-order valence-electron chi connectivity index (χ3n) is 2.05. The van der Waals surface area contributed by atoms with Crippen LogP contribution in [0, 0.1) is 0 Å². The Hall–Kier alpha value is -1.78. The van der Waals surface area contributed by atoms with Crippen molar-refractivity contribution in [2.24, 2.45) is 10.2 Å². The van der Waals surface area contributed by atoms with E-state index in [1.165, 1.54) is 30.8 Å². The van der Waals surface area contributed by atoms with Crippen LogP contribution in [0.15, 0.2) is 45.1 Å². The average Bonchev–Trinajstić information content (AvgIpc) is 2.83. The van der Waals surface area contributed by atoms with Gasteiger partial charge >= 0.3 is 0 Å². The number of rotatable bonds is 3. The van der Waals surface area contributed by atoms with Crippen LogP contribution in [-0.4, -0.2) is 17.5 Å². The summed E-state index contributed by atoms with van der Waals surface area (Å²) in [7, 11) is 0. The van der Waals surface area contributed by atoms with Crippen molar-refractivity contribution in [3.05, 3.63) is 51.9 Å². The van der Waals surface area contributed by atoms with E-state index in [0.29, 0.717) is 16.3 Å². The summed E-state index contributed by atoms with van der Waals surface area (Å²) >= 11 is 11.6. The van der Waals surface area contributed by atoms with Gasteiger partial charge in [-0.05, 0) is 24.3 Å². The lowest BCUT2D eigenvalue weighted by molar-refractivity contribution is 0.475. The monoisotopic (exact) mass is 282 g/mol. The molecule has 0 bridgehead atoms. The van der Waals surface area contributed by atoms with Crippen LogP contribution in [0.2, 0.25) is 10.0 Å². The SMILES string of the molecule is Oc1c(Cl)cc(Cl)cc1/C=N\N=C\c1ccco1. The van der Waals surface area contributed by atoms with E-state index >= 15 is 0 Å². The summed E-state index contributed by atoms with van der Waals surface area (Å²) < 4.78 is 5.03. The predicted molar refractivity (Wildman–Crippen MR) is 72.0 cm³/mol. The smallest absolute Gasteiger partial charge is 0.146 e. The molecule has 0 atom stereocenters. The van der Waals surface area contributed by atoms with Gasteiger partial charge in [0.05, 0.1) is 23.7 Å². The number of hydrogen-bond acceptors (Lipinski definition) is 4. The summed E-state index contributed by atoms with van der Waals surface area (Å²) in [6.45, 7) is 0. The molecule has 18 heavy (non-hydrogen) atoms. The lowest BCUT2D eigenvalue weighted by Gasteiger charge is -2.01. The van der Waals surface area contributed by atoms with E-state index in [1.54, 1.807) is 12.1 Å². The summed E-state index contributed by atoms with van der Waals surface area (Å²) in [5, 5.41) is 17.8. The van der Waals surface area contributed by atoms with Crippen LogP contribution in [0.1, 0.15) is 11.3 Å². The molecule has 1 heterocycles. The molecule has 0 unspecified atom stereocenters. The third-order valence-corrected chi connectivity index (χ3v) is 2.56. The molecule has 1 aromatic heterocycles. The van der Waals surface area contributed by atoms with Crippen LogP contribution >= 0.6 is 23.2 Å². The van der Waals surface area contributed by atoms with E-state index in [1.807, 2.05) is 0 Å². The number of furan rings is 1. The van der Waals surface area contributed by atoms with Gasteiger partial charge in [-0.15, -0.1) is 0 Å². The molecule has 2 aromatic rings. The summed E-state index contributed by atoms with van der Waals surface area (Å²) in [5.41, 5.74) is 0.393. The molecule has 0 radical (unpaired) electrons. The number of hydrogen-bond donors (Lipinski definition) is 1. The van der Waals surface area contributed by atoms with E-state index in [9.17, 15) is 5.11 Å². The second kappa shape index (κ2) is 5.71. The zero-order chi connectivity index (χ0) is 13.0. The lowest BCUT2D eigenvalue weighted by Crippen LogP contribution is -1.84. The molecule has 0 aliphatic heterocycles. The van der Waals surface area contributed by atoms with Crippen molar-refractivity contribution < 1.29 is 9.52 Å². The van der Waals surface area contributed by atoms with Gasteiger partial charge in [-0.2, -0.15) is 10.2 Å². The number of halogens is 2. The molecular weight excluding hydrogens is 275 g/mol. The number of nitrogens with zero attached hydrogens (tertiary/aromatic N) is 2. The molecule has 4 nitrogen and oxygen atoms in total. The molecule has 0 saturated carbocycles. The number of phenols is 1. The van der Waals surface area contributed by atoms with Crippen molar-refractivity contribution in [3.8, 4) is 5.75 Å². The quantitative estimate of drug-likeness (QED) is 0.689. The summed E-state index contributed by atoms with van der Waals surface area (Å²) in [5.74, 6) is 0.499. The summed E-state index contributed by atoms with van der Waals surface area (Å²) in [6, 6.07) is 6.47. The molecule has 1 aromatic carbocycles. The van der Waals surface area contributed by atoms with Crippen molar-refractivity contribution >= 4 is 35.6 Å². The van der Waals surface area contributed by atoms with Crippen LogP contribution in [0.3, 0.4) is 0 Å². The fourth-order valence-corrected chi connectivity index (χ4v) is 1.74. The van der Waals surface area contributed by atoms with Crippen LogP contribution in [0.4, 0.5) is 0 Å². The van der Waals surface area contributed by atoms with Crippen molar-refractivity contribution in [1.82, 2.24) is 0 Å². The fourth-order valence-electron chi connectivity index (χ4n) is 1.23. The second-order valence-corrected chi connectivity index (χ2v) is 4.17. The molecule has 0 spiro atoms. The van der Waals surface area contributed by atoms with Gasteiger partial charge in [0.25, 0.3) is 0 Å². The molecule has 0 saturated heterocycles. The van der Waals surface area contributed by atoms with E-state index < -0.39 is 0 Å². The maximum atomic E-state index is 9.65. The molecule has 0 aliphatic rings. The minimum atomic E-state index is -0.0852. The van der Waals surface area contributed by atoms with E-state index in [0.717, 1.165) is 0 Å². The first-order chi connectivity index (χ1) is 8.66. The minimum Gasteiger partial charge on any atom is -0.506 e. The Balaban J connectivity index is 2.14. The van der Waals surface area contributed by atoms with Crippen LogP contribution in [-0.2, 0) is 0 Å². The second-order valence-electron chi connectivity index (χ2n) is 3.33. The van der Waals surface area contributed by atoms with Crippen LogP contribution in [0.25, 0.3) is 0 Å². The van der Waals surface area contributed by atoms with Gasteiger partial charge in [-0.25, -0.2) is 0 Å². The Morgan fingerprint density at radius 2 is 1.94 bits per heavy atom. The molecule has 0 aliphatic carbocycles. The van der Waals surface area contributed by atoms with Gasteiger partial charge in [-0.3, -0.25) is 0 Å². The summed E-state index contributed by atoms with van der Waals surface area (Å²) in [4.78, 5) is 0. The van der Waals surface area contributed by atoms with E-state index in [2.05, 4.69) is 10.2 Å². The van der Waals surface area contributed by atoms with Gasteiger partial charge < -0.3 is 9.52 Å². The molecule has 92 valence electrons. The number of phenolic OH excluding ortho intramolecular Hbond substituents is 1. The highest BCUT2D eigenvalue weighted by Crippen LogP contribution is 2.29. The van der Waals surface area contributed by atoms with Gasteiger partial charge in [-0.1, -0.05) is 23.2 Å². The fraction of sp³-hybridized carbons (Fsp3) is 0. The maximum absolute atomic E-state index is 9.65. The summed E-state index contributed by atoms with van der Waals surface area (Å²) in [6.07, 6.45) is 4.33. The van der Waals surface area contributed by atoms with E-state index in [-0.39, 0.29) is 10.8 Å². The Morgan fingerprint density at radius 1 is 1.17 bits per heavy atom.